The molecule has 0 spiro atoms. The molecule has 0 saturated carbocycles. The van der Waals surface area contributed by atoms with Gasteiger partial charge in [0.1, 0.15) is 0 Å². The fraction of sp³-hybridized carbons (Fsp3) is 0.167. The Kier molecular flexibility index (Phi) is 4.05. The normalized spacial score (nSPS) is 11.6. The molecule has 0 aliphatic rings. The van der Waals surface area contributed by atoms with Gasteiger partial charge in [-0.1, -0.05) is 35.9 Å². The molecule has 0 aliphatic heterocycles. The van der Waals surface area contributed by atoms with Crippen molar-refractivity contribution in [3.8, 4) is 0 Å². The van der Waals surface area contributed by atoms with Crippen LogP contribution < -0.4 is 4.72 Å². The Morgan fingerprint density at radius 1 is 1.00 bits per heavy atom. The maximum Gasteiger partial charge on any atom is 0.236 e. The van der Waals surface area contributed by atoms with Crippen LogP contribution in [0.1, 0.15) is 16.7 Å². The molecule has 0 aliphatic carbocycles. The third-order valence-electron chi connectivity index (χ3n) is 3.59. The minimum atomic E-state index is -3.50. The molecule has 0 amide bonds. The van der Waals surface area contributed by atoms with Gasteiger partial charge in [0, 0.05) is 11.6 Å². The molecule has 118 valence electrons. The number of aromatic nitrogens is 1. The largest absolute Gasteiger partial charge is 0.281 e. The predicted octanol–water partition coefficient (Wildman–Crippen LogP) is 3.79. The fourth-order valence-electron chi connectivity index (χ4n) is 2.53. The zero-order valence-electron chi connectivity index (χ0n) is 13.1. The first-order chi connectivity index (χ1) is 10.9. The molecule has 0 saturated heterocycles. The van der Waals surface area contributed by atoms with E-state index in [1.165, 1.54) is 0 Å². The van der Waals surface area contributed by atoms with E-state index in [9.17, 15) is 8.42 Å². The topological polar surface area (TPSA) is 59.1 Å². The van der Waals surface area contributed by atoms with E-state index >= 15 is 0 Å². The average molecular weight is 326 g/mol. The molecule has 0 radical (unpaired) electrons. The summed E-state index contributed by atoms with van der Waals surface area (Å²) in [5.41, 5.74) is 4.03. The van der Waals surface area contributed by atoms with Gasteiger partial charge in [-0.05, 0) is 43.2 Å². The summed E-state index contributed by atoms with van der Waals surface area (Å²) in [6.45, 7) is 3.91. The van der Waals surface area contributed by atoms with Gasteiger partial charge in [-0.15, -0.1) is 0 Å². The summed E-state index contributed by atoms with van der Waals surface area (Å²) in [5, 5.41) is 0.917. The highest BCUT2D eigenvalue weighted by molar-refractivity contribution is 7.91. The molecular formula is C18H18N2O2S. The predicted molar refractivity (Wildman–Crippen MR) is 93.9 cm³/mol. The Morgan fingerprint density at radius 2 is 1.74 bits per heavy atom. The second-order valence-corrected chi connectivity index (χ2v) is 7.46. The fourth-order valence-corrected chi connectivity index (χ4v) is 3.72. The number of aryl methyl sites for hydroxylation is 2. The minimum Gasteiger partial charge on any atom is -0.281 e. The molecule has 23 heavy (non-hydrogen) atoms. The molecule has 5 heteroatoms. The molecule has 0 atom stereocenters. The molecule has 0 bridgehead atoms. The molecule has 1 aromatic heterocycles. The SMILES string of the molecule is Cc1ccc(CS(=O)(=O)Nc2cc(C)cc3cccnc23)cc1. The zero-order chi connectivity index (χ0) is 16.4. The number of rotatable bonds is 4. The van der Waals surface area contributed by atoms with E-state index in [0.29, 0.717) is 11.2 Å². The van der Waals surface area contributed by atoms with Crippen molar-refractivity contribution in [3.05, 3.63) is 71.4 Å². The molecule has 0 unspecified atom stereocenters. The molecular weight excluding hydrogens is 308 g/mol. The Hall–Kier alpha value is -2.40. The van der Waals surface area contributed by atoms with Gasteiger partial charge in [-0.25, -0.2) is 8.42 Å². The van der Waals surface area contributed by atoms with Gasteiger partial charge in [0.25, 0.3) is 0 Å². The van der Waals surface area contributed by atoms with E-state index in [2.05, 4.69) is 9.71 Å². The summed E-state index contributed by atoms with van der Waals surface area (Å²) in [5.74, 6) is -0.0600. The Bertz CT molecular complexity index is 948. The van der Waals surface area contributed by atoms with Crippen molar-refractivity contribution in [2.45, 2.75) is 19.6 Å². The zero-order valence-corrected chi connectivity index (χ0v) is 13.9. The molecule has 2 aromatic carbocycles. The van der Waals surface area contributed by atoms with E-state index < -0.39 is 10.0 Å². The van der Waals surface area contributed by atoms with Gasteiger partial charge in [-0.3, -0.25) is 9.71 Å². The molecule has 4 nitrogen and oxygen atoms in total. The lowest BCUT2D eigenvalue weighted by Gasteiger charge is -2.11. The van der Waals surface area contributed by atoms with E-state index in [4.69, 9.17) is 0 Å². The molecule has 0 fully saturated rings. The third kappa shape index (κ3) is 3.68. The van der Waals surface area contributed by atoms with Gasteiger partial charge in [-0.2, -0.15) is 0 Å². The average Bonchev–Trinajstić information content (AvgIpc) is 2.49. The van der Waals surface area contributed by atoms with Crippen LogP contribution >= 0.6 is 0 Å². The van der Waals surface area contributed by atoms with Gasteiger partial charge in [0.2, 0.25) is 10.0 Å². The summed E-state index contributed by atoms with van der Waals surface area (Å²) in [6.07, 6.45) is 1.66. The lowest BCUT2D eigenvalue weighted by Crippen LogP contribution is -2.15. The number of pyridine rings is 1. The van der Waals surface area contributed by atoms with Crippen LogP contribution in [0.4, 0.5) is 5.69 Å². The van der Waals surface area contributed by atoms with Crippen molar-refractivity contribution in [1.29, 1.82) is 0 Å². The summed E-state index contributed by atoms with van der Waals surface area (Å²) < 4.78 is 27.6. The van der Waals surface area contributed by atoms with Crippen LogP contribution in [0.25, 0.3) is 10.9 Å². The Morgan fingerprint density at radius 3 is 2.48 bits per heavy atom. The number of fused-ring (bicyclic) bond motifs is 1. The van der Waals surface area contributed by atoms with Gasteiger partial charge < -0.3 is 0 Å². The Balaban J connectivity index is 1.93. The standard InChI is InChI=1S/C18H18N2O2S/c1-13-5-7-15(8-6-13)12-23(21,22)20-17-11-14(2)10-16-4-3-9-19-18(16)17/h3-11,20H,12H2,1-2H3. The monoisotopic (exact) mass is 326 g/mol. The van der Waals surface area contributed by atoms with Crippen molar-refractivity contribution < 1.29 is 8.42 Å². The quantitative estimate of drug-likeness (QED) is 0.793. The molecule has 3 aromatic rings. The lowest BCUT2D eigenvalue weighted by atomic mass is 10.1. The number of anilines is 1. The van der Waals surface area contributed by atoms with Gasteiger partial charge in [0.05, 0.1) is 17.0 Å². The maximum absolute atomic E-state index is 12.5. The number of sulfonamides is 1. The first-order valence-corrected chi connectivity index (χ1v) is 9.00. The summed E-state index contributed by atoms with van der Waals surface area (Å²) in [6, 6.07) is 15.0. The molecule has 1 N–H and O–H groups in total. The van der Waals surface area contributed by atoms with Crippen LogP contribution in [0.3, 0.4) is 0 Å². The van der Waals surface area contributed by atoms with Crippen molar-refractivity contribution in [3.63, 3.8) is 0 Å². The van der Waals surface area contributed by atoms with Crippen LogP contribution in [-0.4, -0.2) is 13.4 Å². The second kappa shape index (κ2) is 6.01. The summed E-state index contributed by atoms with van der Waals surface area (Å²) >= 11 is 0. The van der Waals surface area contributed by atoms with Gasteiger partial charge >= 0.3 is 0 Å². The third-order valence-corrected chi connectivity index (χ3v) is 4.84. The highest BCUT2D eigenvalue weighted by Gasteiger charge is 2.14. The number of nitrogens with zero attached hydrogens (tertiary/aromatic N) is 1. The van der Waals surface area contributed by atoms with Crippen LogP contribution in [0, 0.1) is 13.8 Å². The minimum absolute atomic E-state index is 0.0600. The van der Waals surface area contributed by atoms with E-state index in [1.54, 1.807) is 6.20 Å². The lowest BCUT2D eigenvalue weighted by molar-refractivity contribution is 0.600. The highest BCUT2D eigenvalue weighted by atomic mass is 32.2. The van der Waals surface area contributed by atoms with Crippen LogP contribution in [0.2, 0.25) is 0 Å². The smallest absolute Gasteiger partial charge is 0.236 e. The molecule has 1 heterocycles. The number of hydrogen-bond acceptors (Lipinski definition) is 3. The van der Waals surface area contributed by atoms with Crippen molar-refractivity contribution in [1.82, 2.24) is 4.98 Å². The van der Waals surface area contributed by atoms with Crippen molar-refractivity contribution >= 4 is 26.6 Å². The van der Waals surface area contributed by atoms with E-state index in [0.717, 1.165) is 22.1 Å². The first-order valence-electron chi connectivity index (χ1n) is 7.34. The second-order valence-electron chi connectivity index (χ2n) is 5.73. The maximum atomic E-state index is 12.5. The van der Waals surface area contributed by atoms with E-state index in [1.807, 2.05) is 62.4 Å². The van der Waals surface area contributed by atoms with Crippen molar-refractivity contribution in [2.75, 3.05) is 4.72 Å². The van der Waals surface area contributed by atoms with Crippen LogP contribution in [-0.2, 0) is 15.8 Å². The van der Waals surface area contributed by atoms with E-state index in [-0.39, 0.29) is 5.75 Å². The van der Waals surface area contributed by atoms with Crippen LogP contribution in [0.5, 0.6) is 0 Å². The number of nitrogens with one attached hydrogen (secondary N) is 1. The highest BCUT2D eigenvalue weighted by Crippen LogP contribution is 2.24. The summed E-state index contributed by atoms with van der Waals surface area (Å²) in [4.78, 5) is 4.30. The van der Waals surface area contributed by atoms with Gasteiger partial charge in [0.15, 0.2) is 0 Å². The first kappa shape index (κ1) is 15.5. The van der Waals surface area contributed by atoms with Crippen LogP contribution in [0.15, 0.2) is 54.7 Å². The Labute approximate surface area is 136 Å². The number of benzene rings is 2. The molecule has 3 rings (SSSR count). The number of hydrogen-bond donors (Lipinski definition) is 1. The summed E-state index contributed by atoms with van der Waals surface area (Å²) in [7, 11) is -3.50. The van der Waals surface area contributed by atoms with Crippen molar-refractivity contribution in [2.24, 2.45) is 0 Å².